The smallest absolute Gasteiger partial charge is 0.251 e. The molecule has 0 saturated carbocycles. The van der Waals surface area contributed by atoms with Gasteiger partial charge in [-0.1, -0.05) is 30.7 Å². The van der Waals surface area contributed by atoms with Crippen LogP contribution in [-0.4, -0.2) is 31.7 Å². The number of amides is 1. The Morgan fingerprint density at radius 3 is 2.50 bits per heavy atom. The zero-order valence-electron chi connectivity index (χ0n) is 14.3. The monoisotopic (exact) mass is 484 g/mol. The molecule has 1 heterocycles. The van der Waals surface area contributed by atoms with Gasteiger partial charge in [0, 0.05) is 28.8 Å². The van der Waals surface area contributed by atoms with Crippen molar-refractivity contribution < 1.29 is 13.2 Å². The van der Waals surface area contributed by atoms with Gasteiger partial charge in [-0.25, -0.2) is 8.42 Å². The quantitative estimate of drug-likeness (QED) is 0.662. The number of carbonyl (C=O) groups excluding carboxylic acids is 1. The highest BCUT2D eigenvalue weighted by Crippen LogP contribution is 2.23. The molecule has 1 saturated heterocycles. The maximum absolute atomic E-state index is 13.0. The van der Waals surface area contributed by atoms with E-state index in [0.717, 1.165) is 22.8 Å². The number of nitrogens with one attached hydrogen (secondary N) is 1. The lowest BCUT2D eigenvalue weighted by Crippen LogP contribution is -2.36. The Hall–Kier alpha value is -1.45. The van der Waals surface area contributed by atoms with E-state index in [2.05, 4.69) is 27.9 Å². The van der Waals surface area contributed by atoms with Crippen LogP contribution in [0.4, 0.5) is 0 Å². The predicted molar refractivity (Wildman–Crippen MR) is 109 cm³/mol. The number of nitrogens with zero attached hydrogens (tertiary/aromatic N) is 1. The van der Waals surface area contributed by atoms with Crippen molar-refractivity contribution in [2.45, 2.75) is 30.7 Å². The van der Waals surface area contributed by atoms with Crippen LogP contribution in [-0.2, 0) is 16.6 Å². The molecule has 3 rings (SSSR count). The highest BCUT2D eigenvalue weighted by atomic mass is 127. The first-order valence-corrected chi connectivity index (χ1v) is 11.1. The third-order valence-corrected chi connectivity index (χ3v) is 7.10. The molecule has 1 aliphatic heterocycles. The molecule has 0 atom stereocenters. The second-order valence-corrected chi connectivity index (χ2v) is 9.42. The molecule has 5 nitrogen and oxygen atoms in total. The van der Waals surface area contributed by atoms with Crippen molar-refractivity contribution in [1.29, 1.82) is 0 Å². The summed E-state index contributed by atoms with van der Waals surface area (Å²) in [5.74, 6) is -0.214. The van der Waals surface area contributed by atoms with Gasteiger partial charge in [0.05, 0.1) is 4.90 Å². The van der Waals surface area contributed by atoms with Gasteiger partial charge in [0.2, 0.25) is 10.0 Å². The lowest BCUT2D eigenvalue weighted by Gasteiger charge is -2.26. The van der Waals surface area contributed by atoms with E-state index in [1.807, 2.05) is 12.1 Å². The average Bonchev–Trinajstić information content (AvgIpc) is 2.67. The summed E-state index contributed by atoms with van der Waals surface area (Å²) in [6.45, 7) is 1.30. The number of rotatable bonds is 5. The van der Waals surface area contributed by atoms with Crippen LogP contribution in [0.15, 0.2) is 53.4 Å². The molecule has 1 aliphatic rings. The molecule has 0 radical (unpaired) electrons. The topological polar surface area (TPSA) is 66.5 Å². The van der Waals surface area contributed by atoms with Crippen molar-refractivity contribution in [1.82, 2.24) is 9.62 Å². The number of hydrogen-bond donors (Lipinski definition) is 1. The third kappa shape index (κ3) is 4.44. The van der Waals surface area contributed by atoms with E-state index in [1.165, 1.54) is 0 Å². The van der Waals surface area contributed by atoms with E-state index < -0.39 is 10.0 Å². The molecular formula is C19H21IN2O3S. The molecule has 1 amide bonds. The number of carbonyl (C=O) groups is 1. The summed E-state index contributed by atoms with van der Waals surface area (Å²) in [4.78, 5) is 12.6. The van der Waals surface area contributed by atoms with E-state index in [1.54, 1.807) is 40.7 Å². The molecule has 2 aromatic rings. The highest BCUT2D eigenvalue weighted by Gasteiger charge is 2.27. The predicted octanol–water partition coefficient (Wildman–Crippen LogP) is 3.40. The minimum atomic E-state index is -3.53. The van der Waals surface area contributed by atoms with Crippen LogP contribution in [0.3, 0.4) is 0 Å². The van der Waals surface area contributed by atoms with Crippen LogP contribution in [0, 0.1) is 3.57 Å². The summed E-state index contributed by atoms with van der Waals surface area (Å²) in [7, 11) is -3.53. The van der Waals surface area contributed by atoms with Crippen molar-refractivity contribution in [2.75, 3.05) is 13.1 Å². The summed E-state index contributed by atoms with van der Waals surface area (Å²) in [6.07, 6.45) is 2.86. The second kappa shape index (κ2) is 8.49. The third-order valence-electron chi connectivity index (χ3n) is 4.43. The molecule has 0 bridgehead atoms. The van der Waals surface area contributed by atoms with Crippen molar-refractivity contribution in [3.8, 4) is 0 Å². The van der Waals surface area contributed by atoms with Crippen molar-refractivity contribution in [3.05, 3.63) is 63.2 Å². The molecule has 2 aromatic carbocycles. The molecule has 1 fully saturated rings. The second-order valence-electron chi connectivity index (χ2n) is 6.27. The largest absolute Gasteiger partial charge is 0.348 e. The molecule has 0 spiro atoms. The van der Waals surface area contributed by atoms with Gasteiger partial charge < -0.3 is 5.32 Å². The van der Waals surface area contributed by atoms with Gasteiger partial charge in [0.1, 0.15) is 0 Å². The summed E-state index contributed by atoms with van der Waals surface area (Å²) >= 11 is 2.15. The summed E-state index contributed by atoms with van der Waals surface area (Å²) in [6, 6.07) is 14.2. The standard InChI is InChI=1S/C19H21IN2O3S/c20-17-9-6-8-15(13-17)19(23)21-14-16-7-2-3-10-18(16)26(24,25)22-11-4-1-5-12-22/h2-3,6-10,13H,1,4-5,11-12,14H2,(H,21,23). The Morgan fingerprint density at radius 2 is 1.77 bits per heavy atom. The highest BCUT2D eigenvalue weighted by molar-refractivity contribution is 14.1. The van der Waals surface area contributed by atoms with Gasteiger partial charge in [-0.2, -0.15) is 4.31 Å². The number of hydrogen-bond acceptors (Lipinski definition) is 3. The van der Waals surface area contributed by atoms with Crippen LogP contribution >= 0.6 is 22.6 Å². The molecule has 0 unspecified atom stereocenters. The zero-order chi connectivity index (χ0) is 18.6. The lowest BCUT2D eigenvalue weighted by molar-refractivity contribution is 0.0950. The summed E-state index contributed by atoms with van der Waals surface area (Å²) in [5.41, 5.74) is 1.17. The Labute approximate surface area is 168 Å². The van der Waals surface area contributed by atoms with Crippen molar-refractivity contribution in [3.63, 3.8) is 0 Å². The van der Waals surface area contributed by atoms with Gasteiger partial charge in [-0.15, -0.1) is 0 Å². The Bertz CT molecular complexity index is 893. The Kier molecular flexibility index (Phi) is 6.31. The van der Waals surface area contributed by atoms with E-state index in [0.29, 0.717) is 24.2 Å². The maximum Gasteiger partial charge on any atom is 0.251 e. The van der Waals surface area contributed by atoms with Crippen molar-refractivity contribution in [2.24, 2.45) is 0 Å². The zero-order valence-corrected chi connectivity index (χ0v) is 17.3. The first-order valence-electron chi connectivity index (χ1n) is 8.60. The minimum Gasteiger partial charge on any atom is -0.348 e. The fourth-order valence-electron chi connectivity index (χ4n) is 3.05. The summed E-state index contributed by atoms with van der Waals surface area (Å²) < 4.78 is 28.5. The fourth-order valence-corrected chi connectivity index (χ4v) is 5.34. The van der Waals surface area contributed by atoms with Crippen molar-refractivity contribution >= 4 is 38.5 Å². The molecule has 0 aliphatic carbocycles. The number of piperidine rings is 1. The van der Waals surface area contributed by atoms with Gasteiger partial charge >= 0.3 is 0 Å². The molecule has 138 valence electrons. The normalized spacial score (nSPS) is 15.6. The first-order chi connectivity index (χ1) is 12.5. The van der Waals surface area contributed by atoms with Crippen LogP contribution in [0.1, 0.15) is 35.2 Å². The molecular weight excluding hydrogens is 463 g/mol. The average molecular weight is 484 g/mol. The van der Waals surface area contributed by atoms with E-state index >= 15 is 0 Å². The van der Waals surface area contributed by atoms with Crippen LogP contribution < -0.4 is 5.32 Å². The van der Waals surface area contributed by atoms with Gasteiger partial charge in [-0.3, -0.25) is 4.79 Å². The maximum atomic E-state index is 13.0. The molecule has 0 aromatic heterocycles. The number of benzene rings is 2. The van der Waals surface area contributed by atoms with E-state index in [4.69, 9.17) is 0 Å². The number of sulfonamides is 1. The van der Waals surface area contributed by atoms with Crippen LogP contribution in [0.5, 0.6) is 0 Å². The van der Waals surface area contributed by atoms with Gasteiger partial charge in [0.15, 0.2) is 0 Å². The van der Waals surface area contributed by atoms with Crippen LogP contribution in [0.2, 0.25) is 0 Å². The van der Waals surface area contributed by atoms with Gasteiger partial charge in [-0.05, 0) is 65.3 Å². The molecule has 26 heavy (non-hydrogen) atoms. The lowest BCUT2D eigenvalue weighted by atomic mass is 10.2. The molecule has 1 N–H and O–H groups in total. The van der Waals surface area contributed by atoms with Gasteiger partial charge in [0.25, 0.3) is 5.91 Å². The number of halogens is 1. The van der Waals surface area contributed by atoms with E-state index in [-0.39, 0.29) is 17.3 Å². The minimum absolute atomic E-state index is 0.174. The molecule has 7 heteroatoms. The van der Waals surface area contributed by atoms with E-state index in [9.17, 15) is 13.2 Å². The SMILES string of the molecule is O=C(NCc1ccccc1S(=O)(=O)N1CCCCC1)c1cccc(I)c1. The van der Waals surface area contributed by atoms with Crippen LogP contribution in [0.25, 0.3) is 0 Å². The fraction of sp³-hybridized carbons (Fsp3) is 0.316. The first kappa shape index (κ1) is 19.3. The Morgan fingerprint density at radius 1 is 1.04 bits per heavy atom. The Balaban J connectivity index is 1.78. The summed E-state index contributed by atoms with van der Waals surface area (Å²) in [5, 5.41) is 2.83.